The number of carbonyl (C=O) groups is 2. The second-order valence-electron chi connectivity index (χ2n) is 11.1. The second-order valence-corrected chi connectivity index (χ2v) is 11.1. The van der Waals surface area contributed by atoms with E-state index < -0.39 is 10.9 Å². The predicted octanol–water partition coefficient (Wildman–Crippen LogP) is 9.74. The van der Waals surface area contributed by atoms with Crippen molar-refractivity contribution < 1.29 is 28.7 Å². The molecule has 1 unspecified atom stereocenters. The molecule has 0 saturated heterocycles. The van der Waals surface area contributed by atoms with Crippen LogP contribution >= 0.6 is 0 Å². The fourth-order valence-electron chi connectivity index (χ4n) is 4.83. The van der Waals surface area contributed by atoms with Crippen LogP contribution in [0.5, 0.6) is 11.5 Å². The maximum atomic E-state index is 12.8. The highest BCUT2D eigenvalue weighted by Gasteiger charge is 2.21. The van der Waals surface area contributed by atoms with E-state index in [-0.39, 0.29) is 29.1 Å². The predicted molar refractivity (Wildman–Crippen MR) is 172 cm³/mol. The lowest BCUT2D eigenvalue weighted by Crippen LogP contribution is -2.14. The van der Waals surface area contributed by atoms with E-state index in [9.17, 15) is 19.7 Å². The highest BCUT2D eigenvalue weighted by Crippen LogP contribution is 2.30. The van der Waals surface area contributed by atoms with Crippen molar-refractivity contribution in [1.82, 2.24) is 0 Å². The number of ether oxygens (including phenoxy) is 3. The molecule has 44 heavy (non-hydrogen) atoms. The van der Waals surface area contributed by atoms with Gasteiger partial charge in [-0.2, -0.15) is 0 Å². The number of rotatable bonds is 19. The minimum atomic E-state index is -0.705. The first kappa shape index (κ1) is 34.3. The number of benzene rings is 3. The van der Waals surface area contributed by atoms with Gasteiger partial charge in [-0.05, 0) is 73.7 Å². The molecule has 8 nitrogen and oxygen atoms in total. The largest absolute Gasteiger partial charge is 0.484 e. The zero-order valence-corrected chi connectivity index (χ0v) is 26.2. The Bertz CT molecular complexity index is 1340. The van der Waals surface area contributed by atoms with Crippen LogP contribution in [0.15, 0.2) is 66.7 Å². The number of hydrogen-bond acceptors (Lipinski definition) is 7. The van der Waals surface area contributed by atoms with Crippen molar-refractivity contribution >= 4 is 17.6 Å². The monoisotopic (exact) mass is 603 g/mol. The molecular formula is C36H45NO7. The highest BCUT2D eigenvalue weighted by atomic mass is 16.6. The van der Waals surface area contributed by atoms with Crippen LogP contribution in [-0.2, 0) is 4.74 Å². The van der Waals surface area contributed by atoms with E-state index in [0.717, 1.165) is 56.1 Å². The normalized spacial score (nSPS) is 11.5. The molecule has 8 heteroatoms. The fraction of sp³-hybridized carbons (Fsp3) is 0.444. The van der Waals surface area contributed by atoms with Crippen LogP contribution in [0.4, 0.5) is 5.69 Å². The number of hydrogen-bond donors (Lipinski definition) is 0. The quantitative estimate of drug-likeness (QED) is 0.0441. The molecular weight excluding hydrogens is 558 g/mol. The summed E-state index contributed by atoms with van der Waals surface area (Å²) < 4.78 is 16.7. The van der Waals surface area contributed by atoms with Crippen LogP contribution in [0.3, 0.4) is 0 Å². The molecule has 0 saturated carbocycles. The smallest absolute Gasteiger partial charge is 0.343 e. The Labute approximate surface area is 260 Å². The molecule has 0 amide bonds. The van der Waals surface area contributed by atoms with Crippen LogP contribution in [-0.4, -0.2) is 29.6 Å². The lowest BCUT2D eigenvalue weighted by atomic mass is 10.0. The summed E-state index contributed by atoms with van der Waals surface area (Å²) in [6, 6.07) is 18.2. The molecule has 0 aliphatic rings. The molecule has 0 radical (unpaired) electrons. The zero-order chi connectivity index (χ0) is 31.7. The van der Waals surface area contributed by atoms with Gasteiger partial charge in [-0.1, -0.05) is 89.5 Å². The molecule has 0 aromatic heterocycles. The third kappa shape index (κ3) is 11.1. The summed E-state index contributed by atoms with van der Waals surface area (Å²) in [7, 11) is 0. The molecule has 0 aliphatic heterocycles. The maximum Gasteiger partial charge on any atom is 0.343 e. The van der Waals surface area contributed by atoms with Gasteiger partial charge in [-0.25, -0.2) is 9.59 Å². The zero-order valence-electron chi connectivity index (χ0n) is 26.2. The van der Waals surface area contributed by atoms with Crippen molar-refractivity contribution in [3.05, 3.63) is 88.0 Å². The van der Waals surface area contributed by atoms with Crippen LogP contribution in [0, 0.1) is 10.1 Å². The molecule has 3 aromatic rings. The summed E-state index contributed by atoms with van der Waals surface area (Å²) in [5, 5.41) is 11.7. The Kier molecular flexibility index (Phi) is 14.4. The summed E-state index contributed by atoms with van der Waals surface area (Å²) in [6.07, 6.45) is 11.8. The molecule has 0 heterocycles. The average molecular weight is 604 g/mol. The van der Waals surface area contributed by atoms with Gasteiger partial charge in [0.25, 0.3) is 0 Å². The minimum Gasteiger partial charge on any atom is -0.484 e. The summed E-state index contributed by atoms with van der Waals surface area (Å²) in [5.74, 6) is -0.596. The van der Waals surface area contributed by atoms with E-state index >= 15 is 0 Å². The summed E-state index contributed by atoms with van der Waals surface area (Å²) >= 11 is 0. The molecule has 3 rings (SSSR count). The average Bonchev–Trinajstić information content (AvgIpc) is 3.03. The Morgan fingerprint density at radius 2 is 1.30 bits per heavy atom. The molecule has 0 fully saturated rings. The van der Waals surface area contributed by atoms with Crippen LogP contribution in [0.2, 0.25) is 0 Å². The Balaban J connectivity index is 1.54. The van der Waals surface area contributed by atoms with Gasteiger partial charge in [0.15, 0.2) is 5.75 Å². The van der Waals surface area contributed by atoms with Crippen LogP contribution in [0.1, 0.15) is 112 Å². The van der Waals surface area contributed by atoms with Crippen molar-refractivity contribution in [3.8, 4) is 22.6 Å². The first-order valence-electron chi connectivity index (χ1n) is 15.9. The third-order valence-corrected chi connectivity index (χ3v) is 7.43. The van der Waals surface area contributed by atoms with Crippen molar-refractivity contribution in [2.24, 2.45) is 0 Å². The molecule has 1 atom stereocenters. The molecule has 236 valence electrons. The van der Waals surface area contributed by atoms with Crippen molar-refractivity contribution in [1.29, 1.82) is 0 Å². The summed E-state index contributed by atoms with van der Waals surface area (Å²) in [4.78, 5) is 36.3. The lowest BCUT2D eigenvalue weighted by molar-refractivity contribution is -0.386. The molecule has 0 spiro atoms. The molecule has 3 aromatic carbocycles. The first-order valence-corrected chi connectivity index (χ1v) is 15.9. The van der Waals surface area contributed by atoms with Gasteiger partial charge in [-0.3, -0.25) is 10.1 Å². The van der Waals surface area contributed by atoms with E-state index in [1.165, 1.54) is 43.9 Å². The van der Waals surface area contributed by atoms with Crippen LogP contribution < -0.4 is 9.47 Å². The number of esters is 2. The van der Waals surface area contributed by atoms with Crippen LogP contribution in [0.25, 0.3) is 11.1 Å². The number of nitrogens with zero attached hydrogens (tertiary/aromatic N) is 1. The Morgan fingerprint density at radius 3 is 1.93 bits per heavy atom. The van der Waals surface area contributed by atoms with Gasteiger partial charge in [0.2, 0.25) is 0 Å². The van der Waals surface area contributed by atoms with Gasteiger partial charge in [-0.15, -0.1) is 0 Å². The molecule has 0 N–H and O–H groups in total. The van der Waals surface area contributed by atoms with Crippen molar-refractivity contribution in [3.63, 3.8) is 0 Å². The van der Waals surface area contributed by atoms with E-state index in [4.69, 9.17) is 14.2 Å². The number of nitro groups is 1. The minimum absolute atomic E-state index is 0.0580. The third-order valence-electron chi connectivity index (χ3n) is 7.43. The van der Waals surface area contributed by atoms with E-state index in [1.807, 2.05) is 19.1 Å². The SMILES string of the molecule is CCCCCCCCOC(=O)c1ccc(-c2ccc(OC(=O)c3ccc(OC(C)CCCCCC)c([N+](=O)[O-])c3)cc2)cc1. The fourth-order valence-corrected chi connectivity index (χ4v) is 4.83. The van der Waals surface area contributed by atoms with Gasteiger partial charge >= 0.3 is 17.6 Å². The van der Waals surface area contributed by atoms with Gasteiger partial charge in [0.1, 0.15) is 5.75 Å². The van der Waals surface area contributed by atoms with E-state index in [0.29, 0.717) is 17.9 Å². The van der Waals surface area contributed by atoms with Gasteiger partial charge in [0, 0.05) is 6.07 Å². The standard InChI is InChI=1S/C36H45NO7/c1-4-6-8-10-11-13-25-42-35(38)30-17-15-28(16-18-30)29-19-22-32(23-20-29)44-36(39)31-21-24-34(33(26-31)37(40)41)43-27(3)14-12-9-7-5-2/h15-24,26-27H,4-14,25H2,1-3H3. The number of nitro benzene ring substituents is 1. The topological polar surface area (TPSA) is 105 Å². The molecule has 0 bridgehead atoms. The lowest BCUT2D eigenvalue weighted by Gasteiger charge is -2.15. The summed E-state index contributed by atoms with van der Waals surface area (Å²) in [6.45, 7) is 6.65. The Hall–Kier alpha value is -4.20. The first-order chi connectivity index (χ1) is 21.3. The summed E-state index contributed by atoms with van der Waals surface area (Å²) in [5.41, 5.74) is 2.05. The van der Waals surface area contributed by atoms with Crippen molar-refractivity contribution in [2.75, 3.05) is 6.61 Å². The Morgan fingerprint density at radius 1 is 0.727 bits per heavy atom. The van der Waals surface area contributed by atoms with Gasteiger partial charge in [0.05, 0.1) is 28.8 Å². The van der Waals surface area contributed by atoms with Gasteiger partial charge < -0.3 is 14.2 Å². The molecule has 0 aliphatic carbocycles. The highest BCUT2D eigenvalue weighted by molar-refractivity contribution is 5.92. The van der Waals surface area contributed by atoms with E-state index in [2.05, 4.69) is 13.8 Å². The second kappa shape index (κ2) is 18.5. The van der Waals surface area contributed by atoms with Crippen molar-refractivity contribution in [2.45, 2.75) is 97.5 Å². The number of unbranched alkanes of at least 4 members (excludes halogenated alkanes) is 8. The van der Waals surface area contributed by atoms with E-state index in [1.54, 1.807) is 36.4 Å². The maximum absolute atomic E-state index is 12.8. The number of carbonyl (C=O) groups excluding carboxylic acids is 2.